The smallest absolute Gasteiger partial charge is 0.289 e. The summed E-state index contributed by atoms with van der Waals surface area (Å²) in [6.45, 7) is 4.60. The summed E-state index contributed by atoms with van der Waals surface area (Å²) in [7, 11) is 1.57. The molecule has 3 saturated carbocycles. The number of amides is 3. The first kappa shape index (κ1) is 27.5. The first-order valence-corrected chi connectivity index (χ1v) is 14.7. The molecule has 10 heteroatoms. The van der Waals surface area contributed by atoms with E-state index in [1.54, 1.807) is 18.1 Å². The van der Waals surface area contributed by atoms with Crippen LogP contribution >= 0.6 is 0 Å². The Morgan fingerprint density at radius 2 is 1.93 bits per heavy atom. The fourth-order valence-corrected chi connectivity index (χ4v) is 7.09. The van der Waals surface area contributed by atoms with E-state index in [2.05, 4.69) is 29.5 Å². The molecular weight excluding hydrogens is 524 g/mol. The third-order valence-corrected chi connectivity index (χ3v) is 9.78. The van der Waals surface area contributed by atoms with Gasteiger partial charge in [0.25, 0.3) is 11.8 Å². The van der Waals surface area contributed by atoms with Gasteiger partial charge in [-0.05, 0) is 67.6 Å². The number of hydrogen-bond acceptors (Lipinski definition) is 6. The van der Waals surface area contributed by atoms with Crippen LogP contribution < -0.4 is 15.4 Å². The molecule has 1 aromatic heterocycles. The minimum atomic E-state index is -1.12. The minimum Gasteiger partial charge on any atom is -0.496 e. The number of aromatic nitrogens is 1. The molecule has 4 fully saturated rings. The summed E-state index contributed by atoms with van der Waals surface area (Å²) in [4.78, 5) is 71.3. The Labute approximate surface area is 238 Å². The molecule has 2 heterocycles. The van der Waals surface area contributed by atoms with Gasteiger partial charge in [-0.15, -0.1) is 0 Å². The van der Waals surface area contributed by atoms with E-state index in [-0.39, 0.29) is 47.3 Å². The van der Waals surface area contributed by atoms with Gasteiger partial charge in [0.05, 0.1) is 13.2 Å². The third-order valence-electron chi connectivity index (χ3n) is 9.78. The summed E-state index contributed by atoms with van der Waals surface area (Å²) in [6, 6.07) is 5.33. The van der Waals surface area contributed by atoms with Crippen LogP contribution in [0.3, 0.4) is 0 Å². The molecule has 5 unspecified atom stereocenters. The lowest BCUT2D eigenvalue weighted by Gasteiger charge is -2.32. The molecule has 0 spiro atoms. The number of ether oxygens (including phenoxy) is 1. The fraction of sp³-hybridized carbons (Fsp3) is 0.581. The van der Waals surface area contributed by atoms with Crippen molar-refractivity contribution in [3.8, 4) is 5.75 Å². The van der Waals surface area contributed by atoms with Gasteiger partial charge in [0.2, 0.25) is 11.7 Å². The summed E-state index contributed by atoms with van der Waals surface area (Å²) < 4.78 is 5.44. The Kier molecular flexibility index (Phi) is 6.90. The summed E-state index contributed by atoms with van der Waals surface area (Å²) in [5.74, 6) is -1.80. The zero-order valence-electron chi connectivity index (χ0n) is 23.8. The highest BCUT2D eigenvalue weighted by atomic mass is 16.5. The van der Waals surface area contributed by atoms with Crippen molar-refractivity contribution >= 4 is 40.2 Å². The lowest BCUT2D eigenvalue weighted by Crippen LogP contribution is -2.56. The van der Waals surface area contributed by atoms with Crippen molar-refractivity contribution in [3.63, 3.8) is 0 Å². The number of ketones is 2. The number of aromatic amines is 1. The lowest BCUT2D eigenvalue weighted by atomic mass is 9.82. The van der Waals surface area contributed by atoms with Crippen LogP contribution in [0.15, 0.2) is 24.3 Å². The molecule has 3 amide bonds. The van der Waals surface area contributed by atoms with E-state index in [1.807, 2.05) is 18.2 Å². The van der Waals surface area contributed by atoms with E-state index in [1.165, 1.54) is 0 Å². The van der Waals surface area contributed by atoms with Crippen LogP contribution in [0.1, 0.15) is 69.3 Å². The highest BCUT2D eigenvalue weighted by molar-refractivity contribution is 6.38. The van der Waals surface area contributed by atoms with Crippen molar-refractivity contribution in [2.24, 2.45) is 23.2 Å². The van der Waals surface area contributed by atoms with Crippen LogP contribution in [0.2, 0.25) is 0 Å². The third kappa shape index (κ3) is 5.02. The number of nitrogens with zero attached hydrogens (tertiary/aromatic N) is 1. The number of hydrogen-bond donors (Lipinski definition) is 3. The summed E-state index contributed by atoms with van der Waals surface area (Å²) in [5.41, 5.74) is 0.971. The van der Waals surface area contributed by atoms with E-state index in [9.17, 15) is 24.0 Å². The van der Waals surface area contributed by atoms with Crippen molar-refractivity contribution in [2.45, 2.75) is 76.9 Å². The van der Waals surface area contributed by atoms with Gasteiger partial charge in [-0.2, -0.15) is 0 Å². The number of carbonyl (C=O) groups is 5. The SMILES string of the molecule is COc1cccc2[nH]c(C(=O)N3CC4C(C3C(=O)NC(CC3CCCCC3=O)C(=O)C(=O)NC3CC3)C4(C)C)cc12. The number of likely N-dealkylation sites (tertiary alicyclic amines) is 1. The van der Waals surface area contributed by atoms with Gasteiger partial charge in [0, 0.05) is 35.8 Å². The average Bonchev–Trinajstić information content (AvgIpc) is 3.70. The molecule has 2 aromatic rings. The second-order valence-corrected chi connectivity index (χ2v) is 12.8. The van der Waals surface area contributed by atoms with E-state index >= 15 is 0 Å². The zero-order valence-corrected chi connectivity index (χ0v) is 23.8. The van der Waals surface area contributed by atoms with Gasteiger partial charge in [-0.1, -0.05) is 26.3 Å². The van der Waals surface area contributed by atoms with Crippen LogP contribution in [0.4, 0.5) is 0 Å². The van der Waals surface area contributed by atoms with Gasteiger partial charge in [-0.25, -0.2) is 0 Å². The van der Waals surface area contributed by atoms with Crippen LogP contribution in [-0.4, -0.2) is 71.0 Å². The van der Waals surface area contributed by atoms with Crippen molar-refractivity contribution in [1.82, 2.24) is 20.5 Å². The van der Waals surface area contributed by atoms with Crippen LogP contribution in [0, 0.1) is 23.2 Å². The molecule has 5 atom stereocenters. The quantitative estimate of drug-likeness (QED) is 0.402. The molecule has 6 rings (SSSR count). The first-order chi connectivity index (χ1) is 19.6. The standard InChI is InChI=1S/C31H38N4O6/c1-31(2)19-15-35(30(40)22-14-18-20(33-22)8-6-10-24(18)41-3)26(25(19)31)28(38)34-21(13-16-7-4-5-9-23(16)36)27(37)29(39)32-17-11-12-17/h6,8,10,14,16-17,19,21,25-26,33H,4-5,7,9,11-13,15H2,1-3H3,(H,32,39)(H,34,38). The number of piperidine rings is 1. The molecule has 3 aliphatic carbocycles. The number of Topliss-reactive ketones (excluding diaryl/α,β-unsaturated/α-hetero) is 2. The van der Waals surface area contributed by atoms with Crippen molar-refractivity contribution in [1.29, 1.82) is 0 Å². The summed E-state index contributed by atoms with van der Waals surface area (Å²) >= 11 is 0. The highest BCUT2D eigenvalue weighted by Crippen LogP contribution is 2.65. The highest BCUT2D eigenvalue weighted by Gasteiger charge is 2.69. The van der Waals surface area contributed by atoms with Gasteiger partial charge in [0.1, 0.15) is 23.3 Å². The zero-order chi connectivity index (χ0) is 29.1. The number of nitrogens with one attached hydrogen (secondary N) is 3. The van der Waals surface area contributed by atoms with E-state index < -0.39 is 29.7 Å². The normalized spacial score (nSPS) is 27.2. The number of benzene rings is 1. The predicted octanol–water partition coefficient (Wildman–Crippen LogP) is 2.76. The topological polar surface area (TPSA) is 138 Å². The maximum atomic E-state index is 14.0. The molecule has 10 nitrogen and oxygen atoms in total. The van der Waals surface area contributed by atoms with Gasteiger partial charge >= 0.3 is 0 Å². The fourth-order valence-electron chi connectivity index (χ4n) is 7.09. The predicted molar refractivity (Wildman–Crippen MR) is 150 cm³/mol. The number of H-pyrrole nitrogens is 1. The molecular formula is C31H38N4O6. The minimum absolute atomic E-state index is 0.00925. The van der Waals surface area contributed by atoms with Crippen molar-refractivity contribution < 1.29 is 28.7 Å². The second-order valence-electron chi connectivity index (χ2n) is 12.8. The van der Waals surface area contributed by atoms with E-state index in [4.69, 9.17) is 4.74 Å². The molecule has 218 valence electrons. The van der Waals surface area contributed by atoms with Crippen molar-refractivity contribution in [2.75, 3.05) is 13.7 Å². The van der Waals surface area contributed by atoms with E-state index in [0.29, 0.717) is 30.8 Å². The molecule has 1 aliphatic heterocycles. The van der Waals surface area contributed by atoms with Gasteiger partial charge < -0.3 is 25.3 Å². The molecule has 1 saturated heterocycles. The largest absolute Gasteiger partial charge is 0.496 e. The maximum absolute atomic E-state index is 14.0. The molecule has 0 radical (unpaired) electrons. The molecule has 3 N–H and O–H groups in total. The Balaban J connectivity index is 1.25. The number of methoxy groups -OCH3 is 1. The first-order valence-electron chi connectivity index (χ1n) is 14.7. The Bertz CT molecular complexity index is 1420. The number of carbonyl (C=O) groups excluding carboxylic acids is 5. The monoisotopic (exact) mass is 562 g/mol. The van der Waals surface area contributed by atoms with Gasteiger partial charge in [-0.3, -0.25) is 24.0 Å². The van der Waals surface area contributed by atoms with E-state index in [0.717, 1.165) is 36.6 Å². The van der Waals surface area contributed by atoms with Crippen LogP contribution in [-0.2, 0) is 19.2 Å². The lowest BCUT2D eigenvalue weighted by molar-refractivity contribution is -0.141. The Hall–Kier alpha value is -3.69. The second kappa shape index (κ2) is 10.3. The molecule has 41 heavy (non-hydrogen) atoms. The molecule has 1 aromatic carbocycles. The maximum Gasteiger partial charge on any atom is 0.289 e. The number of fused-ring (bicyclic) bond motifs is 2. The summed E-state index contributed by atoms with van der Waals surface area (Å²) in [5, 5.41) is 6.35. The average molecular weight is 563 g/mol. The Morgan fingerprint density at radius 3 is 2.63 bits per heavy atom. The van der Waals surface area contributed by atoms with Crippen LogP contribution in [0.25, 0.3) is 10.9 Å². The van der Waals surface area contributed by atoms with Gasteiger partial charge in [0.15, 0.2) is 0 Å². The summed E-state index contributed by atoms with van der Waals surface area (Å²) in [6.07, 6.45) is 4.53. The van der Waals surface area contributed by atoms with Crippen LogP contribution in [0.5, 0.6) is 5.75 Å². The number of rotatable bonds is 9. The molecule has 4 aliphatic rings. The Morgan fingerprint density at radius 1 is 1.15 bits per heavy atom. The van der Waals surface area contributed by atoms with Crippen molar-refractivity contribution in [3.05, 3.63) is 30.0 Å². The molecule has 0 bridgehead atoms.